The molecule has 2 rings (SSSR count). The number of hydrogen-bond acceptors (Lipinski definition) is 4. The van der Waals surface area contributed by atoms with Gasteiger partial charge in [-0.25, -0.2) is 8.42 Å². The molecule has 0 aromatic heterocycles. The molecule has 0 fully saturated rings. The number of carbonyl (C=O) groups excluding carboxylic acids is 2. The molecule has 0 heterocycles. The fourth-order valence-corrected chi connectivity index (χ4v) is 4.32. The van der Waals surface area contributed by atoms with Crippen LogP contribution < -0.4 is 9.62 Å². The molecule has 0 radical (unpaired) electrons. The molecule has 0 spiro atoms. The zero-order valence-electron chi connectivity index (χ0n) is 19.1. The Labute approximate surface area is 205 Å². The molecule has 2 atom stereocenters. The Kier molecular flexibility index (Phi) is 9.57. The maximum Gasteiger partial charge on any atom is 0.244 e. The second kappa shape index (κ2) is 11.7. The Hall–Kier alpha value is -2.29. The summed E-state index contributed by atoms with van der Waals surface area (Å²) in [5, 5.41) is 3.65. The molecule has 33 heavy (non-hydrogen) atoms. The lowest BCUT2D eigenvalue weighted by atomic mass is 10.1. The van der Waals surface area contributed by atoms with E-state index in [0.717, 1.165) is 17.0 Å². The van der Waals surface area contributed by atoms with Crippen LogP contribution in [0.4, 0.5) is 5.69 Å². The summed E-state index contributed by atoms with van der Waals surface area (Å²) in [5.41, 5.74) is 0.900. The van der Waals surface area contributed by atoms with E-state index in [2.05, 4.69) is 5.32 Å². The summed E-state index contributed by atoms with van der Waals surface area (Å²) in [6.07, 6.45) is 1.74. The highest BCUT2D eigenvalue weighted by atomic mass is 35.5. The SMILES string of the molecule is CC[C@H](C)NC(=O)[C@H](C)N(Cc1ccccc1Cl)C(=O)CN(c1cccc(Cl)c1)S(C)(=O)=O. The van der Waals surface area contributed by atoms with Crippen molar-refractivity contribution in [2.45, 2.75) is 45.8 Å². The van der Waals surface area contributed by atoms with Crippen LogP contribution in [0.25, 0.3) is 0 Å². The highest BCUT2D eigenvalue weighted by Gasteiger charge is 2.30. The van der Waals surface area contributed by atoms with E-state index in [4.69, 9.17) is 23.2 Å². The minimum Gasteiger partial charge on any atom is -0.352 e. The van der Waals surface area contributed by atoms with Crippen LogP contribution in [0.3, 0.4) is 0 Å². The first-order valence-electron chi connectivity index (χ1n) is 10.5. The molecule has 2 aromatic carbocycles. The standard InChI is InChI=1S/C23H29Cl2N3O4S/c1-5-16(2)26-23(30)17(3)27(14-18-9-6-7-12-21(18)25)22(29)15-28(33(4,31)32)20-11-8-10-19(24)13-20/h6-13,16-17H,5,14-15H2,1-4H3,(H,26,30)/t16-,17-/m0/s1. The predicted octanol–water partition coefficient (Wildman–Crippen LogP) is 4.09. The van der Waals surface area contributed by atoms with Crippen molar-refractivity contribution >= 4 is 50.7 Å². The summed E-state index contributed by atoms with van der Waals surface area (Å²) >= 11 is 12.3. The third kappa shape index (κ3) is 7.62. The van der Waals surface area contributed by atoms with Crippen molar-refractivity contribution in [2.24, 2.45) is 0 Å². The Bertz CT molecular complexity index is 1090. The molecular weight excluding hydrogens is 485 g/mol. The van der Waals surface area contributed by atoms with E-state index in [1.807, 2.05) is 13.8 Å². The Morgan fingerprint density at radius 2 is 1.73 bits per heavy atom. The quantitative estimate of drug-likeness (QED) is 0.518. The second-order valence-corrected chi connectivity index (χ2v) is 10.6. The van der Waals surface area contributed by atoms with E-state index in [1.54, 1.807) is 49.4 Å². The Morgan fingerprint density at radius 3 is 2.30 bits per heavy atom. The number of sulfonamides is 1. The molecule has 7 nitrogen and oxygen atoms in total. The highest BCUT2D eigenvalue weighted by molar-refractivity contribution is 7.92. The molecule has 0 aliphatic rings. The fraction of sp³-hybridized carbons (Fsp3) is 0.391. The largest absolute Gasteiger partial charge is 0.352 e. The van der Waals surface area contributed by atoms with Crippen molar-refractivity contribution in [2.75, 3.05) is 17.1 Å². The molecule has 0 bridgehead atoms. The molecule has 0 aliphatic carbocycles. The summed E-state index contributed by atoms with van der Waals surface area (Å²) in [6.45, 7) is 4.97. The third-order valence-electron chi connectivity index (χ3n) is 5.24. The van der Waals surface area contributed by atoms with Gasteiger partial charge in [-0.2, -0.15) is 0 Å². The summed E-state index contributed by atoms with van der Waals surface area (Å²) < 4.78 is 26.0. The number of nitrogens with one attached hydrogen (secondary N) is 1. The third-order valence-corrected chi connectivity index (χ3v) is 6.99. The molecular formula is C23H29Cl2N3O4S. The number of nitrogens with zero attached hydrogens (tertiary/aromatic N) is 2. The molecule has 2 aromatic rings. The average molecular weight is 514 g/mol. The van der Waals surface area contributed by atoms with E-state index in [-0.39, 0.29) is 24.2 Å². The van der Waals surface area contributed by atoms with Gasteiger partial charge in [0.2, 0.25) is 21.8 Å². The van der Waals surface area contributed by atoms with Crippen LogP contribution in [0.15, 0.2) is 48.5 Å². The summed E-state index contributed by atoms with van der Waals surface area (Å²) in [4.78, 5) is 27.6. The number of amides is 2. The first-order chi connectivity index (χ1) is 15.4. The van der Waals surface area contributed by atoms with Crippen LogP contribution in [-0.2, 0) is 26.2 Å². The van der Waals surface area contributed by atoms with Gasteiger partial charge in [0, 0.05) is 22.6 Å². The van der Waals surface area contributed by atoms with E-state index >= 15 is 0 Å². The second-order valence-electron chi connectivity index (χ2n) is 7.86. The lowest BCUT2D eigenvalue weighted by Crippen LogP contribution is -2.52. The maximum atomic E-state index is 13.4. The molecule has 2 amide bonds. The fourth-order valence-electron chi connectivity index (χ4n) is 3.10. The van der Waals surface area contributed by atoms with Gasteiger partial charge < -0.3 is 10.2 Å². The van der Waals surface area contributed by atoms with Crippen LogP contribution in [0.1, 0.15) is 32.8 Å². The molecule has 0 aliphatic heterocycles. The van der Waals surface area contributed by atoms with Crippen LogP contribution in [0.5, 0.6) is 0 Å². The van der Waals surface area contributed by atoms with Crippen molar-refractivity contribution in [1.29, 1.82) is 0 Å². The first-order valence-corrected chi connectivity index (χ1v) is 13.1. The van der Waals surface area contributed by atoms with E-state index in [9.17, 15) is 18.0 Å². The zero-order valence-corrected chi connectivity index (χ0v) is 21.4. The summed E-state index contributed by atoms with van der Waals surface area (Å²) in [6, 6.07) is 12.3. The van der Waals surface area contributed by atoms with Gasteiger partial charge in [0.1, 0.15) is 12.6 Å². The monoisotopic (exact) mass is 513 g/mol. The normalized spacial score (nSPS) is 13.2. The van der Waals surface area contributed by atoms with Gasteiger partial charge in [-0.3, -0.25) is 13.9 Å². The average Bonchev–Trinajstić information content (AvgIpc) is 2.75. The van der Waals surface area contributed by atoms with E-state index in [0.29, 0.717) is 15.6 Å². The number of anilines is 1. The molecule has 1 N–H and O–H groups in total. The van der Waals surface area contributed by atoms with Crippen molar-refractivity contribution < 1.29 is 18.0 Å². The Balaban J connectivity index is 2.40. The van der Waals surface area contributed by atoms with Crippen molar-refractivity contribution in [1.82, 2.24) is 10.2 Å². The Morgan fingerprint density at radius 1 is 1.06 bits per heavy atom. The van der Waals surface area contributed by atoms with Crippen LogP contribution >= 0.6 is 23.2 Å². The smallest absolute Gasteiger partial charge is 0.244 e. The van der Waals surface area contributed by atoms with E-state index < -0.39 is 28.5 Å². The van der Waals surface area contributed by atoms with Crippen molar-refractivity contribution in [3.05, 3.63) is 64.1 Å². The minimum atomic E-state index is -3.81. The molecule has 0 saturated carbocycles. The zero-order chi connectivity index (χ0) is 24.8. The molecule has 180 valence electrons. The summed E-state index contributed by atoms with van der Waals surface area (Å²) in [7, 11) is -3.81. The van der Waals surface area contributed by atoms with E-state index in [1.165, 1.54) is 11.0 Å². The van der Waals surface area contributed by atoms with Gasteiger partial charge >= 0.3 is 0 Å². The van der Waals surface area contributed by atoms with Crippen molar-refractivity contribution in [3.63, 3.8) is 0 Å². The maximum absolute atomic E-state index is 13.4. The van der Waals surface area contributed by atoms with Crippen molar-refractivity contribution in [3.8, 4) is 0 Å². The van der Waals surface area contributed by atoms with Gasteiger partial charge in [0.05, 0.1) is 11.9 Å². The number of benzene rings is 2. The lowest BCUT2D eigenvalue weighted by molar-refractivity contribution is -0.139. The van der Waals surface area contributed by atoms with Crippen LogP contribution in [0.2, 0.25) is 10.0 Å². The minimum absolute atomic E-state index is 0.0424. The number of rotatable bonds is 10. The molecule has 0 saturated heterocycles. The topological polar surface area (TPSA) is 86.8 Å². The predicted molar refractivity (Wildman–Crippen MR) is 133 cm³/mol. The van der Waals surface area contributed by atoms with Gasteiger partial charge in [0.15, 0.2) is 0 Å². The lowest BCUT2D eigenvalue weighted by Gasteiger charge is -2.32. The van der Waals surface area contributed by atoms with Crippen LogP contribution in [-0.4, -0.2) is 50.0 Å². The summed E-state index contributed by atoms with van der Waals surface area (Å²) in [5.74, 6) is -0.884. The number of hydrogen-bond donors (Lipinski definition) is 1. The highest BCUT2D eigenvalue weighted by Crippen LogP contribution is 2.23. The first kappa shape index (κ1) is 27.0. The van der Waals surface area contributed by atoms with Gasteiger partial charge in [-0.15, -0.1) is 0 Å². The molecule has 0 unspecified atom stereocenters. The van der Waals surface area contributed by atoms with Gasteiger partial charge in [-0.1, -0.05) is 54.4 Å². The number of carbonyl (C=O) groups is 2. The van der Waals surface area contributed by atoms with Gasteiger partial charge in [-0.05, 0) is 50.1 Å². The van der Waals surface area contributed by atoms with Crippen LogP contribution in [0, 0.1) is 0 Å². The number of halogens is 2. The molecule has 10 heteroatoms. The van der Waals surface area contributed by atoms with Gasteiger partial charge in [0.25, 0.3) is 0 Å².